The molecule has 0 fully saturated rings. The number of carbonyl (C=O) groups excluding carboxylic acids is 2. The predicted octanol–water partition coefficient (Wildman–Crippen LogP) is 4.06. The summed E-state index contributed by atoms with van der Waals surface area (Å²) >= 11 is 5.75. The van der Waals surface area contributed by atoms with Gasteiger partial charge in [-0.05, 0) is 44.0 Å². The van der Waals surface area contributed by atoms with E-state index in [2.05, 4.69) is 0 Å². The molecule has 0 radical (unpaired) electrons. The second-order valence-electron chi connectivity index (χ2n) is 4.19. The van der Waals surface area contributed by atoms with Crippen molar-refractivity contribution in [2.45, 2.75) is 39.0 Å². The molecule has 0 aliphatic rings. The highest BCUT2D eigenvalue weighted by atomic mass is 35.5. The molecule has 0 atom stereocenters. The van der Waals surface area contributed by atoms with Crippen LogP contribution >= 0.6 is 11.6 Å². The van der Waals surface area contributed by atoms with Crippen LogP contribution in [0.15, 0.2) is 24.3 Å². The Morgan fingerprint density at radius 1 is 1.00 bits per heavy atom. The van der Waals surface area contributed by atoms with Gasteiger partial charge in [0.1, 0.15) is 5.78 Å². The number of benzene rings is 1. The Labute approximate surface area is 107 Å². The first-order valence-electron chi connectivity index (χ1n) is 5.88. The van der Waals surface area contributed by atoms with E-state index in [9.17, 15) is 9.59 Å². The van der Waals surface area contributed by atoms with E-state index in [0.717, 1.165) is 19.3 Å². The van der Waals surface area contributed by atoms with Crippen LogP contribution in [0.2, 0.25) is 5.02 Å². The lowest BCUT2D eigenvalue weighted by Crippen LogP contribution is -1.98. The summed E-state index contributed by atoms with van der Waals surface area (Å²) in [6.45, 7) is 1.60. The van der Waals surface area contributed by atoms with Gasteiger partial charge in [0.15, 0.2) is 5.78 Å². The van der Waals surface area contributed by atoms with Gasteiger partial charge in [-0.3, -0.25) is 4.79 Å². The molecule has 92 valence electrons. The fraction of sp³-hybridized carbons (Fsp3) is 0.429. The van der Waals surface area contributed by atoms with E-state index in [-0.39, 0.29) is 11.6 Å². The molecule has 1 aromatic carbocycles. The van der Waals surface area contributed by atoms with E-state index in [0.29, 0.717) is 23.4 Å². The first-order valence-corrected chi connectivity index (χ1v) is 6.25. The van der Waals surface area contributed by atoms with Gasteiger partial charge in [0, 0.05) is 23.4 Å². The number of Topliss-reactive ketones (excluding diaryl/α,β-unsaturated/α-hetero) is 2. The van der Waals surface area contributed by atoms with Crippen molar-refractivity contribution in [2.75, 3.05) is 0 Å². The van der Waals surface area contributed by atoms with Crippen molar-refractivity contribution in [1.29, 1.82) is 0 Å². The first kappa shape index (κ1) is 13.9. The number of hydrogen-bond acceptors (Lipinski definition) is 2. The second-order valence-corrected chi connectivity index (χ2v) is 4.63. The summed E-state index contributed by atoms with van der Waals surface area (Å²) in [6.07, 6.45) is 3.81. The largest absolute Gasteiger partial charge is 0.300 e. The van der Waals surface area contributed by atoms with E-state index >= 15 is 0 Å². The van der Waals surface area contributed by atoms with Crippen molar-refractivity contribution < 1.29 is 9.59 Å². The molecular weight excluding hydrogens is 236 g/mol. The lowest BCUT2D eigenvalue weighted by Gasteiger charge is -2.01. The molecule has 17 heavy (non-hydrogen) atoms. The third-order valence-corrected chi connectivity index (χ3v) is 2.85. The lowest BCUT2D eigenvalue weighted by atomic mass is 10.0. The van der Waals surface area contributed by atoms with Gasteiger partial charge in [-0.2, -0.15) is 0 Å². The van der Waals surface area contributed by atoms with E-state index in [4.69, 9.17) is 11.6 Å². The van der Waals surface area contributed by atoms with E-state index in [1.165, 1.54) is 0 Å². The fourth-order valence-electron chi connectivity index (χ4n) is 1.62. The van der Waals surface area contributed by atoms with E-state index in [1.54, 1.807) is 31.2 Å². The van der Waals surface area contributed by atoms with Crippen LogP contribution in [0.4, 0.5) is 0 Å². The number of rotatable bonds is 7. The van der Waals surface area contributed by atoms with Crippen LogP contribution < -0.4 is 0 Å². The van der Waals surface area contributed by atoms with Gasteiger partial charge >= 0.3 is 0 Å². The Bertz CT molecular complexity index is 382. The molecule has 0 aromatic heterocycles. The zero-order valence-corrected chi connectivity index (χ0v) is 10.8. The smallest absolute Gasteiger partial charge is 0.162 e. The van der Waals surface area contributed by atoms with Crippen LogP contribution in [0.25, 0.3) is 0 Å². The SMILES string of the molecule is CC(=O)CCCCCC(=O)c1ccc(Cl)cc1. The molecule has 0 spiro atoms. The topological polar surface area (TPSA) is 34.1 Å². The normalized spacial score (nSPS) is 10.2. The number of hydrogen-bond donors (Lipinski definition) is 0. The summed E-state index contributed by atoms with van der Waals surface area (Å²) in [4.78, 5) is 22.5. The maximum Gasteiger partial charge on any atom is 0.162 e. The van der Waals surface area contributed by atoms with Gasteiger partial charge in [0.25, 0.3) is 0 Å². The molecule has 0 aliphatic carbocycles. The Morgan fingerprint density at radius 2 is 1.59 bits per heavy atom. The van der Waals surface area contributed by atoms with Crippen molar-refractivity contribution in [3.05, 3.63) is 34.9 Å². The lowest BCUT2D eigenvalue weighted by molar-refractivity contribution is -0.117. The zero-order valence-electron chi connectivity index (χ0n) is 10.0. The highest BCUT2D eigenvalue weighted by molar-refractivity contribution is 6.30. The predicted molar refractivity (Wildman–Crippen MR) is 69.5 cm³/mol. The zero-order chi connectivity index (χ0) is 12.7. The van der Waals surface area contributed by atoms with Crippen LogP contribution in [-0.4, -0.2) is 11.6 Å². The summed E-state index contributed by atoms with van der Waals surface area (Å²) in [5.41, 5.74) is 0.709. The van der Waals surface area contributed by atoms with Gasteiger partial charge in [-0.15, -0.1) is 0 Å². The summed E-state index contributed by atoms with van der Waals surface area (Å²) < 4.78 is 0. The number of carbonyl (C=O) groups is 2. The summed E-state index contributed by atoms with van der Waals surface area (Å²) in [6, 6.07) is 6.95. The molecular formula is C14H17ClO2. The Kier molecular flexibility index (Phi) is 5.92. The van der Waals surface area contributed by atoms with Gasteiger partial charge < -0.3 is 4.79 Å². The first-order chi connectivity index (χ1) is 8.09. The van der Waals surface area contributed by atoms with Crippen molar-refractivity contribution in [3.63, 3.8) is 0 Å². The minimum absolute atomic E-state index is 0.143. The highest BCUT2D eigenvalue weighted by Gasteiger charge is 2.05. The summed E-state index contributed by atoms with van der Waals surface area (Å²) in [7, 11) is 0. The van der Waals surface area contributed by atoms with Gasteiger partial charge in [-0.1, -0.05) is 18.0 Å². The highest BCUT2D eigenvalue weighted by Crippen LogP contribution is 2.13. The van der Waals surface area contributed by atoms with Crippen molar-refractivity contribution in [3.8, 4) is 0 Å². The molecule has 0 bridgehead atoms. The average Bonchev–Trinajstić information content (AvgIpc) is 2.29. The fourth-order valence-corrected chi connectivity index (χ4v) is 1.74. The molecule has 2 nitrogen and oxygen atoms in total. The Morgan fingerprint density at radius 3 is 2.18 bits per heavy atom. The quantitative estimate of drug-likeness (QED) is 0.542. The van der Waals surface area contributed by atoms with Gasteiger partial charge in [-0.25, -0.2) is 0 Å². The Balaban J connectivity index is 2.25. The molecule has 1 rings (SSSR count). The van der Waals surface area contributed by atoms with Crippen LogP contribution in [0.1, 0.15) is 49.4 Å². The average molecular weight is 253 g/mol. The molecule has 1 aromatic rings. The van der Waals surface area contributed by atoms with Crippen LogP contribution in [-0.2, 0) is 4.79 Å². The molecule has 0 amide bonds. The molecule has 3 heteroatoms. The molecule has 0 saturated heterocycles. The molecule has 0 heterocycles. The third kappa shape index (κ3) is 5.64. The molecule has 0 saturated carbocycles. The monoisotopic (exact) mass is 252 g/mol. The third-order valence-electron chi connectivity index (χ3n) is 2.60. The van der Waals surface area contributed by atoms with Crippen molar-refractivity contribution in [2.24, 2.45) is 0 Å². The van der Waals surface area contributed by atoms with Crippen LogP contribution in [0.3, 0.4) is 0 Å². The van der Waals surface area contributed by atoms with Gasteiger partial charge in [0.05, 0.1) is 0 Å². The van der Waals surface area contributed by atoms with E-state index < -0.39 is 0 Å². The van der Waals surface area contributed by atoms with Crippen LogP contribution in [0, 0.1) is 0 Å². The maximum atomic E-state index is 11.7. The number of ketones is 2. The summed E-state index contributed by atoms with van der Waals surface area (Å²) in [5.74, 6) is 0.360. The minimum Gasteiger partial charge on any atom is -0.300 e. The van der Waals surface area contributed by atoms with Gasteiger partial charge in [0.2, 0.25) is 0 Å². The second kappa shape index (κ2) is 7.23. The van der Waals surface area contributed by atoms with E-state index in [1.807, 2.05) is 0 Å². The minimum atomic E-state index is 0.143. The maximum absolute atomic E-state index is 11.7. The number of halogens is 1. The Hall–Kier alpha value is -1.15. The number of unbranched alkanes of at least 4 members (excludes halogenated alkanes) is 2. The molecule has 0 aliphatic heterocycles. The summed E-state index contributed by atoms with van der Waals surface area (Å²) in [5, 5.41) is 0.642. The molecule has 0 unspecified atom stereocenters. The van der Waals surface area contributed by atoms with Crippen molar-refractivity contribution in [1.82, 2.24) is 0 Å². The molecule has 0 N–H and O–H groups in total. The van der Waals surface area contributed by atoms with Crippen LogP contribution in [0.5, 0.6) is 0 Å². The van der Waals surface area contributed by atoms with Crippen molar-refractivity contribution >= 4 is 23.2 Å². The standard InChI is InChI=1S/C14H17ClO2/c1-11(16)5-3-2-4-6-14(17)12-7-9-13(15)10-8-12/h7-10H,2-6H2,1H3.